The number of carbonyl (C=O) groups excluding carboxylic acids is 1. The highest BCUT2D eigenvalue weighted by Crippen LogP contribution is 2.30. The normalized spacial score (nSPS) is 12.2. The molecule has 4 rings (SSSR count). The number of aliphatic hydroxyl groups excluding tert-OH is 1. The molecule has 0 aliphatic carbocycles. The predicted octanol–water partition coefficient (Wildman–Crippen LogP) is 4.06. The number of rotatable bonds is 7. The first-order valence-electron chi connectivity index (χ1n) is 9.11. The molecule has 0 aliphatic rings. The highest BCUT2D eigenvalue weighted by Gasteiger charge is 2.15. The fourth-order valence-electron chi connectivity index (χ4n) is 3.53. The largest absolute Gasteiger partial charge is 0.493 e. The maximum atomic E-state index is 10.9. The number of fused-ring (bicyclic) bond motifs is 3. The third kappa shape index (κ3) is 3.32. The van der Waals surface area contributed by atoms with Crippen molar-refractivity contribution in [2.75, 3.05) is 13.7 Å². The van der Waals surface area contributed by atoms with E-state index in [0.717, 1.165) is 28.1 Å². The Morgan fingerprint density at radius 2 is 1.61 bits per heavy atom. The van der Waals surface area contributed by atoms with Crippen molar-refractivity contribution in [3.63, 3.8) is 0 Å². The van der Waals surface area contributed by atoms with E-state index in [-0.39, 0.29) is 6.61 Å². The van der Waals surface area contributed by atoms with Crippen LogP contribution in [0.15, 0.2) is 66.7 Å². The van der Waals surface area contributed by atoms with Gasteiger partial charge in [-0.3, -0.25) is 4.79 Å². The van der Waals surface area contributed by atoms with E-state index >= 15 is 0 Å². The summed E-state index contributed by atoms with van der Waals surface area (Å²) in [7, 11) is 1.52. The molecular formula is C23H21NO4. The summed E-state index contributed by atoms with van der Waals surface area (Å²) < 4.78 is 13.1. The minimum absolute atomic E-state index is 0.109. The molecule has 1 aromatic heterocycles. The molecule has 0 bridgehead atoms. The number of aromatic nitrogens is 1. The van der Waals surface area contributed by atoms with Gasteiger partial charge in [0, 0.05) is 27.4 Å². The van der Waals surface area contributed by atoms with Crippen molar-refractivity contribution in [2.45, 2.75) is 12.6 Å². The fraction of sp³-hybridized carbons (Fsp3) is 0.174. The summed E-state index contributed by atoms with van der Waals surface area (Å²) in [5.41, 5.74) is 2.67. The van der Waals surface area contributed by atoms with Crippen LogP contribution in [-0.4, -0.2) is 35.8 Å². The molecule has 0 aliphatic heterocycles. The van der Waals surface area contributed by atoms with Gasteiger partial charge in [0.15, 0.2) is 11.5 Å². The number of para-hydroxylation sites is 2. The van der Waals surface area contributed by atoms with Crippen molar-refractivity contribution in [3.8, 4) is 11.5 Å². The molecule has 142 valence electrons. The van der Waals surface area contributed by atoms with Gasteiger partial charge in [-0.1, -0.05) is 36.4 Å². The second-order valence-corrected chi connectivity index (χ2v) is 6.64. The quantitative estimate of drug-likeness (QED) is 0.495. The monoisotopic (exact) mass is 375 g/mol. The Bertz CT molecular complexity index is 1080. The van der Waals surface area contributed by atoms with Gasteiger partial charge in [0.25, 0.3) is 0 Å². The van der Waals surface area contributed by atoms with E-state index in [0.29, 0.717) is 23.6 Å². The number of methoxy groups -OCH3 is 1. The SMILES string of the molecule is COc1cc(C=O)ccc1OC[C@@H](O)Cn1c2ccccc2c2ccccc21. The standard InChI is InChI=1S/C23H21NO4/c1-27-23-12-16(14-25)10-11-22(23)28-15-17(26)13-24-20-8-4-2-6-18(20)19-7-3-5-9-21(19)24/h2-12,14,17,26H,13,15H2,1H3/t17-/m0/s1. The van der Waals surface area contributed by atoms with Crippen LogP contribution < -0.4 is 9.47 Å². The summed E-state index contributed by atoms with van der Waals surface area (Å²) >= 11 is 0. The van der Waals surface area contributed by atoms with E-state index in [9.17, 15) is 9.90 Å². The van der Waals surface area contributed by atoms with Gasteiger partial charge in [-0.25, -0.2) is 0 Å². The van der Waals surface area contributed by atoms with Crippen LogP contribution in [0.3, 0.4) is 0 Å². The number of nitrogens with zero attached hydrogens (tertiary/aromatic N) is 1. The van der Waals surface area contributed by atoms with Crippen LogP contribution in [0.25, 0.3) is 21.8 Å². The van der Waals surface area contributed by atoms with Crippen molar-refractivity contribution in [3.05, 3.63) is 72.3 Å². The van der Waals surface area contributed by atoms with Gasteiger partial charge in [0.2, 0.25) is 0 Å². The molecule has 0 spiro atoms. The highest BCUT2D eigenvalue weighted by atomic mass is 16.5. The molecule has 1 atom stereocenters. The Kier molecular flexibility index (Phi) is 5.00. The zero-order chi connectivity index (χ0) is 19.5. The lowest BCUT2D eigenvalue weighted by atomic mass is 10.2. The lowest BCUT2D eigenvalue weighted by Gasteiger charge is -2.16. The zero-order valence-corrected chi connectivity index (χ0v) is 15.5. The molecule has 5 heteroatoms. The molecule has 0 unspecified atom stereocenters. The second-order valence-electron chi connectivity index (χ2n) is 6.64. The van der Waals surface area contributed by atoms with Crippen molar-refractivity contribution in [2.24, 2.45) is 0 Å². The summed E-state index contributed by atoms with van der Waals surface area (Å²) in [6, 6.07) is 21.3. The summed E-state index contributed by atoms with van der Waals surface area (Å²) in [5, 5.41) is 13.0. The fourth-order valence-corrected chi connectivity index (χ4v) is 3.53. The third-order valence-electron chi connectivity index (χ3n) is 4.83. The molecule has 0 amide bonds. The Hall–Kier alpha value is -3.31. The minimum atomic E-state index is -0.713. The van der Waals surface area contributed by atoms with Crippen LogP contribution in [0.5, 0.6) is 11.5 Å². The van der Waals surface area contributed by atoms with Gasteiger partial charge in [0.1, 0.15) is 19.0 Å². The van der Waals surface area contributed by atoms with Crippen LogP contribution in [0.2, 0.25) is 0 Å². The molecule has 1 N–H and O–H groups in total. The molecule has 0 saturated carbocycles. The van der Waals surface area contributed by atoms with E-state index in [2.05, 4.69) is 28.8 Å². The Balaban J connectivity index is 1.56. The topological polar surface area (TPSA) is 60.7 Å². The number of aliphatic hydroxyl groups is 1. The summed E-state index contributed by atoms with van der Waals surface area (Å²) in [6.07, 6.45) is 0.0401. The number of ether oxygens (including phenoxy) is 2. The van der Waals surface area contributed by atoms with Crippen molar-refractivity contribution in [1.82, 2.24) is 4.57 Å². The molecule has 4 aromatic rings. The second kappa shape index (κ2) is 7.74. The zero-order valence-electron chi connectivity index (χ0n) is 15.5. The van der Waals surface area contributed by atoms with Crippen molar-refractivity contribution < 1.29 is 19.4 Å². The van der Waals surface area contributed by atoms with Crippen molar-refractivity contribution in [1.29, 1.82) is 0 Å². The lowest BCUT2D eigenvalue weighted by Crippen LogP contribution is -2.23. The molecule has 0 radical (unpaired) electrons. The van der Waals surface area contributed by atoms with E-state index in [1.54, 1.807) is 18.2 Å². The summed E-state index contributed by atoms with van der Waals surface area (Å²) in [5.74, 6) is 0.961. The highest BCUT2D eigenvalue weighted by molar-refractivity contribution is 6.07. The van der Waals surface area contributed by atoms with Crippen LogP contribution in [0.1, 0.15) is 10.4 Å². The molecular weight excluding hydrogens is 354 g/mol. The number of carbonyl (C=O) groups is 1. The molecule has 5 nitrogen and oxygen atoms in total. The Morgan fingerprint density at radius 1 is 0.964 bits per heavy atom. The Labute approximate surface area is 162 Å². The van der Waals surface area contributed by atoms with Crippen LogP contribution in [-0.2, 0) is 6.54 Å². The van der Waals surface area contributed by atoms with Crippen LogP contribution in [0, 0.1) is 0 Å². The average Bonchev–Trinajstić information content (AvgIpc) is 3.06. The lowest BCUT2D eigenvalue weighted by molar-refractivity contribution is 0.0929. The number of aldehydes is 1. The van der Waals surface area contributed by atoms with E-state index in [4.69, 9.17) is 9.47 Å². The molecule has 3 aromatic carbocycles. The Morgan fingerprint density at radius 3 is 2.21 bits per heavy atom. The summed E-state index contributed by atoms with van der Waals surface area (Å²) in [6.45, 7) is 0.514. The number of hydrogen-bond acceptors (Lipinski definition) is 4. The van der Waals surface area contributed by atoms with Gasteiger partial charge >= 0.3 is 0 Å². The predicted molar refractivity (Wildman–Crippen MR) is 109 cm³/mol. The van der Waals surface area contributed by atoms with Gasteiger partial charge < -0.3 is 19.1 Å². The smallest absolute Gasteiger partial charge is 0.161 e. The first-order chi connectivity index (χ1) is 13.7. The summed E-state index contributed by atoms with van der Waals surface area (Å²) in [4.78, 5) is 10.9. The van der Waals surface area contributed by atoms with Gasteiger partial charge in [0.05, 0.1) is 13.7 Å². The first kappa shape index (κ1) is 18.1. The van der Waals surface area contributed by atoms with E-state index in [1.165, 1.54) is 7.11 Å². The van der Waals surface area contributed by atoms with E-state index < -0.39 is 6.10 Å². The third-order valence-corrected chi connectivity index (χ3v) is 4.83. The number of hydrogen-bond donors (Lipinski definition) is 1. The van der Waals surface area contributed by atoms with Gasteiger partial charge in [-0.2, -0.15) is 0 Å². The van der Waals surface area contributed by atoms with Crippen LogP contribution in [0.4, 0.5) is 0 Å². The van der Waals surface area contributed by atoms with Crippen molar-refractivity contribution >= 4 is 28.1 Å². The van der Waals surface area contributed by atoms with Gasteiger partial charge in [-0.05, 0) is 30.3 Å². The molecule has 0 saturated heterocycles. The molecule has 28 heavy (non-hydrogen) atoms. The minimum Gasteiger partial charge on any atom is -0.493 e. The van der Waals surface area contributed by atoms with E-state index in [1.807, 2.05) is 24.3 Å². The molecule has 1 heterocycles. The first-order valence-corrected chi connectivity index (χ1v) is 9.11. The maximum absolute atomic E-state index is 10.9. The maximum Gasteiger partial charge on any atom is 0.161 e. The number of benzene rings is 3. The van der Waals surface area contributed by atoms with Gasteiger partial charge in [-0.15, -0.1) is 0 Å². The molecule has 0 fully saturated rings. The van der Waals surface area contributed by atoms with Crippen LogP contribution >= 0.6 is 0 Å². The average molecular weight is 375 g/mol.